The molecule has 1 saturated heterocycles. The Morgan fingerprint density at radius 2 is 1.93 bits per heavy atom. The zero-order valence-corrected chi connectivity index (χ0v) is 23.6. The first-order chi connectivity index (χ1) is 21.3. The highest BCUT2D eigenvalue weighted by Gasteiger charge is 2.47. The quantitative estimate of drug-likeness (QED) is 0.245. The largest absolute Gasteiger partial charge is 0.510 e. The van der Waals surface area contributed by atoms with Crippen molar-refractivity contribution in [2.24, 2.45) is 0 Å². The van der Waals surface area contributed by atoms with Gasteiger partial charge >= 0.3 is 6.16 Å². The maximum Gasteiger partial charge on any atom is 0.510 e. The molecule has 0 radical (unpaired) electrons. The lowest BCUT2D eigenvalue weighted by atomic mass is 9.92. The molecule has 1 amide bonds. The van der Waals surface area contributed by atoms with Crippen LogP contribution in [-0.4, -0.2) is 66.4 Å². The number of amides is 1. The number of aromatic nitrogens is 2. The molecule has 3 aliphatic rings. The highest BCUT2D eigenvalue weighted by atomic mass is 32.1. The molecule has 2 aliphatic heterocycles. The minimum absolute atomic E-state index is 0.0330. The predicted molar refractivity (Wildman–Crippen MR) is 148 cm³/mol. The van der Waals surface area contributed by atoms with Crippen LogP contribution in [0.2, 0.25) is 0 Å². The van der Waals surface area contributed by atoms with E-state index in [1.807, 2.05) is 0 Å². The van der Waals surface area contributed by atoms with E-state index in [0.717, 1.165) is 13.2 Å². The first-order valence-corrected chi connectivity index (χ1v) is 14.1. The zero-order chi connectivity index (χ0) is 30.7. The Kier molecular flexibility index (Phi) is 6.77. The second-order valence-corrected chi connectivity index (χ2v) is 10.9. The molecule has 7 rings (SSSR count). The van der Waals surface area contributed by atoms with Crippen LogP contribution in [0, 0.1) is 16.9 Å². The Bertz CT molecular complexity index is 1900. The van der Waals surface area contributed by atoms with Gasteiger partial charge in [0.2, 0.25) is 18.0 Å². The Hall–Kier alpha value is -4.89. The second kappa shape index (κ2) is 10.7. The van der Waals surface area contributed by atoms with Crippen LogP contribution >= 0.6 is 11.3 Å². The van der Waals surface area contributed by atoms with Crippen LogP contribution < -0.4 is 15.2 Å². The third kappa shape index (κ3) is 4.22. The molecule has 0 N–H and O–H groups in total. The molecule has 0 bridgehead atoms. The standard InChI is InChI=1S/C29H21F3N4O7S/c1-40-29(39)43-13-42-25-18(37)8-9-35-24(25)27(38)34-10-11-41-12-19(34)36(35)23-14-4-2-3-5-15(14)26-22(33-28(32)44-26)20-16(23)6-7-17(30)21(20)31/h2-9,19,23H,10-13H2,1H3. The summed E-state index contributed by atoms with van der Waals surface area (Å²) >= 11 is 0.705. The maximum absolute atomic E-state index is 15.8. The summed E-state index contributed by atoms with van der Waals surface area (Å²) in [5.41, 5.74) is 0.200. The van der Waals surface area contributed by atoms with Gasteiger partial charge in [-0.2, -0.15) is 4.39 Å². The fraction of sp³-hybridized carbons (Fsp3) is 0.241. The summed E-state index contributed by atoms with van der Waals surface area (Å²) in [7, 11) is 1.10. The minimum Gasteiger partial charge on any atom is -0.451 e. The summed E-state index contributed by atoms with van der Waals surface area (Å²) < 4.78 is 67.2. The number of rotatable bonds is 4. The monoisotopic (exact) mass is 626 g/mol. The molecule has 0 saturated carbocycles. The van der Waals surface area contributed by atoms with Gasteiger partial charge in [-0.25, -0.2) is 18.6 Å². The summed E-state index contributed by atoms with van der Waals surface area (Å²) in [5.74, 6) is -3.31. The highest BCUT2D eigenvalue weighted by Crippen LogP contribution is 2.50. The van der Waals surface area contributed by atoms with Gasteiger partial charge in [0, 0.05) is 24.4 Å². The average Bonchev–Trinajstić information content (AvgIpc) is 3.37. The number of nitrogens with zero attached hydrogens (tertiary/aromatic N) is 4. The van der Waals surface area contributed by atoms with Gasteiger partial charge in [-0.3, -0.25) is 19.3 Å². The zero-order valence-electron chi connectivity index (χ0n) is 22.8. The van der Waals surface area contributed by atoms with Crippen molar-refractivity contribution in [3.63, 3.8) is 0 Å². The van der Waals surface area contributed by atoms with Crippen LogP contribution in [0.4, 0.5) is 18.0 Å². The molecule has 15 heteroatoms. The Morgan fingerprint density at radius 3 is 2.75 bits per heavy atom. The van der Waals surface area contributed by atoms with Gasteiger partial charge in [-0.05, 0) is 22.8 Å². The number of benzene rings is 2. The molecule has 4 aromatic rings. The second-order valence-electron chi connectivity index (χ2n) is 9.96. The average molecular weight is 627 g/mol. The molecule has 2 aromatic carbocycles. The van der Waals surface area contributed by atoms with Crippen molar-refractivity contribution in [2.45, 2.75) is 12.2 Å². The Morgan fingerprint density at radius 1 is 1.11 bits per heavy atom. The van der Waals surface area contributed by atoms with Crippen LogP contribution in [0.1, 0.15) is 27.7 Å². The van der Waals surface area contributed by atoms with E-state index >= 15 is 4.39 Å². The SMILES string of the molecule is COC(=O)OCOc1c2n(ccc1=O)N(C1c3ccccc3-c3sc(F)nc3-c3c1ccc(F)c3F)C1COCCN1C2=O. The topological polar surface area (TPSA) is 112 Å². The molecule has 44 heavy (non-hydrogen) atoms. The number of hydrogen-bond donors (Lipinski definition) is 0. The lowest BCUT2D eigenvalue weighted by Gasteiger charge is -2.51. The molecule has 4 heterocycles. The summed E-state index contributed by atoms with van der Waals surface area (Å²) in [5, 5.41) is 0.901. The first kappa shape index (κ1) is 27.9. The van der Waals surface area contributed by atoms with Gasteiger partial charge in [0.25, 0.3) is 11.2 Å². The summed E-state index contributed by atoms with van der Waals surface area (Å²) in [6.07, 6.45) is -0.476. The number of ether oxygens (including phenoxy) is 4. The molecule has 1 aliphatic carbocycles. The van der Waals surface area contributed by atoms with Gasteiger partial charge in [-0.15, -0.1) is 0 Å². The van der Waals surface area contributed by atoms with E-state index in [-0.39, 0.29) is 42.3 Å². The Labute approximate surface area is 250 Å². The fourth-order valence-corrected chi connectivity index (χ4v) is 6.78. The molecule has 226 valence electrons. The van der Waals surface area contributed by atoms with Crippen LogP contribution in [-0.2, 0) is 14.2 Å². The van der Waals surface area contributed by atoms with Crippen LogP contribution in [0.25, 0.3) is 21.7 Å². The van der Waals surface area contributed by atoms with Crippen molar-refractivity contribution < 1.29 is 41.7 Å². The molecule has 11 nitrogen and oxygen atoms in total. The van der Waals surface area contributed by atoms with E-state index < -0.39 is 59.1 Å². The molecule has 1 fully saturated rings. The summed E-state index contributed by atoms with van der Waals surface area (Å²) in [4.78, 5) is 44.3. The summed E-state index contributed by atoms with van der Waals surface area (Å²) in [6.45, 7) is -0.353. The van der Waals surface area contributed by atoms with Crippen LogP contribution in [0.15, 0.2) is 53.5 Å². The maximum atomic E-state index is 15.8. The smallest absolute Gasteiger partial charge is 0.451 e. The van der Waals surface area contributed by atoms with Crippen molar-refractivity contribution in [1.82, 2.24) is 14.6 Å². The lowest BCUT2D eigenvalue weighted by Crippen LogP contribution is -2.66. The number of carbonyl (C=O) groups is 2. The minimum atomic E-state index is -1.21. The van der Waals surface area contributed by atoms with Crippen molar-refractivity contribution in [1.29, 1.82) is 0 Å². The number of methoxy groups -OCH3 is 1. The number of thiazole rings is 1. The van der Waals surface area contributed by atoms with Gasteiger partial charge in [-0.1, -0.05) is 41.7 Å². The first-order valence-electron chi connectivity index (χ1n) is 13.3. The van der Waals surface area contributed by atoms with Gasteiger partial charge in [0.15, 0.2) is 17.3 Å². The van der Waals surface area contributed by atoms with Crippen molar-refractivity contribution in [3.05, 3.63) is 92.6 Å². The normalized spacial score (nSPS) is 18.3. The number of morpholine rings is 1. The predicted octanol–water partition coefficient (Wildman–Crippen LogP) is 4.03. The molecular weight excluding hydrogens is 605 g/mol. The van der Waals surface area contributed by atoms with E-state index in [4.69, 9.17) is 14.2 Å². The number of fused-ring (bicyclic) bond motifs is 7. The third-order valence-electron chi connectivity index (χ3n) is 7.73. The van der Waals surface area contributed by atoms with E-state index in [1.165, 1.54) is 27.9 Å². The number of pyridine rings is 1. The van der Waals surface area contributed by atoms with E-state index in [1.54, 1.807) is 29.3 Å². The number of halogens is 3. The highest BCUT2D eigenvalue weighted by molar-refractivity contribution is 7.14. The van der Waals surface area contributed by atoms with Gasteiger partial charge < -0.3 is 23.8 Å². The number of carbonyl (C=O) groups excluding carboxylic acids is 2. The molecule has 2 aromatic heterocycles. The van der Waals surface area contributed by atoms with Gasteiger partial charge in [0.05, 0.1) is 36.9 Å². The van der Waals surface area contributed by atoms with Crippen molar-refractivity contribution in [3.8, 4) is 27.4 Å². The number of hydrogen-bond acceptors (Lipinski definition) is 10. The van der Waals surface area contributed by atoms with E-state index in [0.29, 0.717) is 27.3 Å². The van der Waals surface area contributed by atoms with E-state index in [9.17, 15) is 23.2 Å². The third-order valence-corrected chi connectivity index (χ3v) is 8.60. The molecule has 2 atom stereocenters. The molecule has 0 spiro atoms. The lowest BCUT2D eigenvalue weighted by molar-refractivity contribution is -0.0208. The Balaban J connectivity index is 1.50. The summed E-state index contributed by atoms with van der Waals surface area (Å²) in [6, 6.07) is 9.59. The molecular formula is C29H21F3N4O7S. The van der Waals surface area contributed by atoms with Crippen molar-refractivity contribution >= 4 is 23.4 Å². The van der Waals surface area contributed by atoms with E-state index in [2.05, 4.69) is 9.72 Å². The van der Waals surface area contributed by atoms with Crippen LogP contribution in [0.5, 0.6) is 5.75 Å². The van der Waals surface area contributed by atoms with Crippen molar-refractivity contribution in [2.75, 3.05) is 38.7 Å². The van der Waals surface area contributed by atoms with Crippen LogP contribution in [0.3, 0.4) is 0 Å². The van der Waals surface area contributed by atoms with Gasteiger partial charge in [0.1, 0.15) is 6.17 Å². The fourth-order valence-electron chi connectivity index (χ4n) is 5.93. The molecule has 2 unspecified atom stereocenters.